The van der Waals surface area contributed by atoms with Gasteiger partial charge in [-0.2, -0.15) is 0 Å². The minimum Gasteiger partial charge on any atom is -0.481 e. The number of nitrogens with zero attached hydrogens (tertiary/aromatic N) is 1. The molecule has 1 heterocycles. The lowest BCUT2D eigenvalue weighted by atomic mass is 10.1. The Morgan fingerprint density at radius 2 is 2.13 bits per heavy atom. The van der Waals surface area contributed by atoms with E-state index in [-0.39, 0.29) is 0 Å². The van der Waals surface area contributed by atoms with Crippen LogP contribution in [0.2, 0.25) is 0 Å². The maximum Gasteiger partial charge on any atom is 0.300 e. The van der Waals surface area contributed by atoms with Crippen molar-refractivity contribution in [2.75, 3.05) is 0 Å². The Balaban J connectivity index is 0.000000423. The molecule has 1 aromatic heterocycles. The van der Waals surface area contributed by atoms with Crippen molar-refractivity contribution in [2.24, 2.45) is 0 Å². The predicted molar refractivity (Wildman–Crippen MR) is 60.8 cm³/mol. The fraction of sp³-hybridized carbons (Fsp3) is 0.500. The number of aliphatic carboxylic acids is 1. The van der Waals surface area contributed by atoms with Gasteiger partial charge in [-0.15, -0.1) is 0 Å². The number of pyridine rings is 1. The van der Waals surface area contributed by atoms with E-state index in [2.05, 4.69) is 18.0 Å². The number of hydrogen-bond acceptors (Lipinski definition) is 2. The number of aromatic nitrogens is 1. The molecule has 0 radical (unpaired) electrons. The van der Waals surface area contributed by atoms with Crippen molar-refractivity contribution >= 4 is 5.97 Å². The van der Waals surface area contributed by atoms with Crippen molar-refractivity contribution in [3.8, 4) is 0 Å². The molecule has 84 valence electrons. The first-order valence-corrected chi connectivity index (χ1v) is 5.25. The fourth-order valence-corrected chi connectivity index (χ4v) is 1.13. The molecule has 0 saturated heterocycles. The molecule has 1 aromatic rings. The lowest BCUT2D eigenvalue weighted by Crippen LogP contribution is -1.85. The van der Waals surface area contributed by atoms with E-state index < -0.39 is 5.97 Å². The summed E-state index contributed by atoms with van der Waals surface area (Å²) in [6.07, 6.45) is 8.87. The Bertz CT molecular complexity index is 256. The van der Waals surface area contributed by atoms with Crippen LogP contribution in [-0.4, -0.2) is 16.1 Å². The van der Waals surface area contributed by atoms with Gasteiger partial charge >= 0.3 is 0 Å². The minimum absolute atomic E-state index is 0.833. The van der Waals surface area contributed by atoms with Gasteiger partial charge in [-0.25, -0.2) is 0 Å². The van der Waals surface area contributed by atoms with Crippen molar-refractivity contribution < 1.29 is 9.90 Å². The zero-order valence-corrected chi connectivity index (χ0v) is 9.44. The molecule has 0 aliphatic heterocycles. The Morgan fingerprint density at radius 3 is 2.60 bits per heavy atom. The molecule has 0 spiro atoms. The summed E-state index contributed by atoms with van der Waals surface area (Å²) in [5.41, 5.74) is 1.36. The third kappa shape index (κ3) is 10.5. The van der Waals surface area contributed by atoms with E-state index in [1.165, 1.54) is 31.2 Å². The number of hydrogen-bond donors (Lipinski definition) is 1. The minimum atomic E-state index is -0.833. The molecular formula is C12H19NO2. The zero-order chi connectivity index (χ0) is 11.5. The maximum atomic E-state index is 9.00. The first kappa shape index (κ1) is 13.6. The third-order valence-corrected chi connectivity index (χ3v) is 1.79. The summed E-state index contributed by atoms with van der Waals surface area (Å²) in [6.45, 7) is 3.31. The zero-order valence-electron chi connectivity index (χ0n) is 9.44. The van der Waals surface area contributed by atoms with Gasteiger partial charge in [0, 0.05) is 19.3 Å². The topological polar surface area (TPSA) is 50.2 Å². The van der Waals surface area contributed by atoms with E-state index in [1.54, 1.807) is 0 Å². The lowest BCUT2D eigenvalue weighted by Gasteiger charge is -1.97. The molecule has 0 saturated carbocycles. The molecule has 3 nitrogen and oxygen atoms in total. The fourth-order valence-electron chi connectivity index (χ4n) is 1.13. The van der Waals surface area contributed by atoms with Crippen LogP contribution in [0.1, 0.15) is 38.7 Å². The summed E-state index contributed by atoms with van der Waals surface area (Å²) >= 11 is 0. The number of carboxylic acids is 1. The van der Waals surface area contributed by atoms with Crippen molar-refractivity contribution in [3.05, 3.63) is 30.1 Å². The number of unbranched alkanes of at least 4 members (excludes halogenated alkanes) is 2. The molecule has 0 amide bonds. The monoisotopic (exact) mass is 209 g/mol. The van der Waals surface area contributed by atoms with E-state index >= 15 is 0 Å². The average Bonchev–Trinajstić information content (AvgIpc) is 2.19. The summed E-state index contributed by atoms with van der Waals surface area (Å²) in [7, 11) is 0. The number of carbonyl (C=O) groups is 1. The van der Waals surface area contributed by atoms with E-state index in [1.807, 2.05) is 18.5 Å². The summed E-state index contributed by atoms with van der Waals surface area (Å²) in [6, 6.07) is 4.14. The Hall–Kier alpha value is -1.38. The number of carboxylic acid groups (broad SMARTS) is 1. The van der Waals surface area contributed by atoms with Crippen LogP contribution in [0.25, 0.3) is 0 Å². The molecule has 0 unspecified atom stereocenters. The number of rotatable bonds is 4. The first-order valence-electron chi connectivity index (χ1n) is 5.25. The quantitative estimate of drug-likeness (QED) is 0.776. The van der Waals surface area contributed by atoms with Crippen molar-refractivity contribution in [2.45, 2.75) is 39.5 Å². The van der Waals surface area contributed by atoms with Crippen molar-refractivity contribution in [1.29, 1.82) is 0 Å². The van der Waals surface area contributed by atoms with Crippen LogP contribution < -0.4 is 0 Å². The van der Waals surface area contributed by atoms with Gasteiger partial charge < -0.3 is 5.11 Å². The van der Waals surface area contributed by atoms with Gasteiger partial charge in [0.05, 0.1) is 0 Å². The van der Waals surface area contributed by atoms with Gasteiger partial charge in [-0.05, 0) is 24.5 Å². The molecule has 0 atom stereocenters. The van der Waals surface area contributed by atoms with Crippen LogP contribution in [0.3, 0.4) is 0 Å². The Kier molecular flexibility index (Phi) is 8.34. The van der Waals surface area contributed by atoms with Gasteiger partial charge in [-0.3, -0.25) is 9.78 Å². The Labute approximate surface area is 91.2 Å². The van der Waals surface area contributed by atoms with Gasteiger partial charge in [0.2, 0.25) is 0 Å². The highest BCUT2D eigenvalue weighted by Crippen LogP contribution is 2.03. The summed E-state index contributed by atoms with van der Waals surface area (Å²) < 4.78 is 0. The second kappa shape index (κ2) is 9.19. The van der Waals surface area contributed by atoms with Gasteiger partial charge in [0.15, 0.2) is 0 Å². The highest BCUT2D eigenvalue weighted by atomic mass is 16.4. The normalized spacial score (nSPS) is 8.93. The van der Waals surface area contributed by atoms with Crippen molar-refractivity contribution in [1.82, 2.24) is 4.98 Å². The molecule has 0 bridgehead atoms. The third-order valence-electron chi connectivity index (χ3n) is 1.79. The highest BCUT2D eigenvalue weighted by Gasteiger charge is 1.90. The average molecular weight is 209 g/mol. The van der Waals surface area contributed by atoms with Crippen LogP contribution in [-0.2, 0) is 11.2 Å². The van der Waals surface area contributed by atoms with E-state index in [0.29, 0.717) is 0 Å². The van der Waals surface area contributed by atoms with Crippen LogP contribution >= 0.6 is 0 Å². The largest absolute Gasteiger partial charge is 0.481 e. The van der Waals surface area contributed by atoms with E-state index in [4.69, 9.17) is 9.90 Å². The summed E-state index contributed by atoms with van der Waals surface area (Å²) in [4.78, 5) is 13.1. The molecule has 15 heavy (non-hydrogen) atoms. The molecule has 0 fully saturated rings. The molecule has 3 heteroatoms. The van der Waals surface area contributed by atoms with Crippen LogP contribution in [0, 0.1) is 0 Å². The molecule has 1 rings (SSSR count). The highest BCUT2D eigenvalue weighted by molar-refractivity contribution is 5.62. The maximum absolute atomic E-state index is 9.00. The van der Waals surface area contributed by atoms with Crippen LogP contribution in [0.5, 0.6) is 0 Å². The van der Waals surface area contributed by atoms with Gasteiger partial charge in [0.25, 0.3) is 5.97 Å². The molecule has 0 aromatic carbocycles. The SMILES string of the molecule is CC(=O)O.CCCCCc1cccnc1. The van der Waals surface area contributed by atoms with Gasteiger partial charge in [0.1, 0.15) is 0 Å². The van der Waals surface area contributed by atoms with E-state index in [0.717, 1.165) is 6.92 Å². The second-order valence-electron chi connectivity index (χ2n) is 3.34. The second-order valence-corrected chi connectivity index (χ2v) is 3.34. The van der Waals surface area contributed by atoms with E-state index in [9.17, 15) is 0 Å². The number of aryl methyl sites for hydroxylation is 1. The standard InChI is InChI=1S/C10H15N.C2H4O2/c1-2-3-4-6-10-7-5-8-11-9-10;1-2(3)4/h5,7-9H,2-4,6H2,1H3;1H3,(H,3,4). The Morgan fingerprint density at radius 1 is 1.47 bits per heavy atom. The molecule has 1 N–H and O–H groups in total. The molecule has 0 aliphatic carbocycles. The summed E-state index contributed by atoms with van der Waals surface area (Å²) in [5, 5.41) is 7.42. The predicted octanol–water partition coefficient (Wildman–Crippen LogP) is 2.91. The van der Waals surface area contributed by atoms with Gasteiger partial charge in [-0.1, -0.05) is 25.8 Å². The lowest BCUT2D eigenvalue weighted by molar-refractivity contribution is -0.134. The summed E-state index contributed by atoms with van der Waals surface area (Å²) in [5.74, 6) is -0.833. The first-order chi connectivity index (χ1) is 7.16. The van der Waals surface area contributed by atoms with Crippen molar-refractivity contribution in [3.63, 3.8) is 0 Å². The van der Waals surface area contributed by atoms with Crippen LogP contribution in [0.15, 0.2) is 24.5 Å². The smallest absolute Gasteiger partial charge is 0.300 e. The molecular weight excluding hydrogens is 190 g/mol. The molecule has 0 aliphatic rings. The van der Waals surface area contributed by atoms with Crippen LogP contribution in [0.4, 0.5) is 0 Å².